The standard InChI is InChI=1S/C12H19N3/c1-3-11(13)9-6-8(2)12(14-7-9)15-10-4-5-10/h6-7,10-11H,3-5,13H2,1-2H3,(H,14,15)/t11-/m0/s1. The highest BCUT2D eigenvalue weighted by atomic mass is 15.0. The summed E-state index contributed by atoms with van der Waals surface area (Å²) in [5.74, 6) is 1.02. The van der Waals surface area contributed by atoms with Gasteiger partial charge in [0.1, 0.15) is 5.82 Å². The lowest BCUT2D eigenvalue weighted by Gasteiger charge is -2.12. The Kier molecular flexibility index (Phi) is 2.91. The van der Waals surface area contributed by atoms with Gasteiger partial charge >= 0.3 is 0 Å². The van der Waals surface area contributed by atoms with Crippen LogP contribution < -0.4 is 11.1 Å². The Bertz CT molecular complexity index is 345. The Balaban J connectivity index is 2.13. The highest BCUT2D eigenvalue weighted by molar-refractivity contribution is 5.46. The normalized spacial score (nSPS) is 17.5. The number of rotatable bonds is 4. The van der Waals surface area contributed by atoms with Crippen molar-refractivity contribution >= 4 is 5.82 Å². The molecule has 0 aliphatic heterocycles. The highest BCUT2D eigenvalue weighted by Gasteiger charge is 2.22. The first-order valence-electron chi connectivity index (χ1n) is 5.69. The number of nitrogens with one attached hydrogen (secondary N) is 1. The van der Waals surface area contributed by atoms with Gasteiger partial charge < -0.3 is 11.1 Å². The van der Waals surface area contributed by atoms with Gasteiger partial charge in [-0.3, -0.25) is 0 Å². The van der Waals surface area contributed by atoms with Crippen LogP contribution in [0.3, 0.4) is 0 Å². The van der Waals surface area contributed by atoms with E-state index in [1.165, 1.54) is 18.4 Å². The Morgan fingerprint density at radius 1 is 1.60 bits per heavy atom. The van der Waals surface area contributed by atoms with Crippen molar-refractivity contribution in [2.45, 2.75) is 45.2 Å². The third-order valence-corrected chi connectivity index (χ3v) is 2.89. The number of hydrogen-bond acceptors (Lipinski definition) is 3. The fourth-order valence-corrected chi connectivity index (χ4v) is 1.61. The van der Waals surface area contributed by atoms with Crippen LogP contribution in [0.25, 0.3) is 0 Å². The van der Waals surface area contributed by atoms with Gasteiger partial charge in [0.25, 0.3) is 0 Å². The Morgan fingerprint density at radius 2 is 2.33 bits per heavy atom. The summed E-state index contributed by atoms with van der Waals surface area (Å²) in [6.45, 7) is 4.18. The van der Waals surface area contributed by atoms with Gasteiger partial charge in [-0.15, -0.1) is 0 Å². The molecule has 1 aliphatic carbocycles. The molecule has 82 valence electrons. The number of hydrogen-bond donors (Lipinski definition) is 2. The van der Waals surface area contributed by atoms with Gasteiger partial charge in [0.15, 0.2) is 0 Å². The molecule has 3 nitrogen and oxygen atoms in total. The van der Waals surface area contributed by atoms with Crippen molar-refractivity contribution in [1.82, 2.24) is 4.98 Å². The van der Waals surface area contributed by atoms with Gasteiger partial charge in [-0.2, -0.15) is 0 Å². The monoisotopic (exact) mass is 205 g/mol. The Morgan fingerprint density at radius 3 is 2.87 bits per heavy atom. The van der Waals surface area contributed by atoms with Crippen molar-refractivity contribution < 1.29 is 0 Å². The highest BCUT2D eigenvalue weighted by Crippen LogP contribution is 2.26. The van der Waals surface area contributed by atoms with Crippen LogP contribution in [0.15, 0.2) is 12.3 Å². The molecule has 1 aromatic rings. The van der Waals surface area contributed by atoms with Gasteiger partial charge in [-0.1, -0.05) is 6.92 Å². The predicted molar refractivity (Wildman–Crippen MR) is 62.8 cm³/mol. The largest absolute Gasteiger partial charge is 0.367 e. The maximum Gasteiger partial charge on any atom is 0.129 e. The fraction of sp³-hybridized carbons (Fsp3) is 0.583. The fourth-order valence-electron chi connectivity index (χ4n) is 1.61. The molecule has 2 rings (SSSR count). The second-order valence-electron chi connectivity index (χ2n) is 4.37. The van der Waals surface area contributed by atoms with E-state index in [4.69, 9.17) is 5.73 Å². The van der Waals surface area contributed by atoms with Crippen molar-refractivity contribution in [2.24, 2.45) is 5.73 Å². The van der Waals surface area contributed by atoms with Gasteiger partial charge in [0, 0.05) is 18.3 Å². The van der Waals surface area contributed by atoms with Crippen molar-refractivity contribution in [2.75, 3.05) is 5.32 Å². The third kappa shape index (κ3) is 2.48. The average Bonchev–Trinajstić information content (AvgIpc) is 3.04. The van der Waals surface area contributed by atoms with Gasteiger partial charge in [-0.05, 0) is 43.4 Å². The summed E-state index contributed by atoms with van der Waals surface area (Å²) in [6, 6.07) is 2.92. The molecule has 0 unspecified atom stereocenters. The number of pyridine rings is 1. The van der Waals surface area contributed by atoms with E-state index in [1.807, 2.05) is 6.20 Å². The number of aromatic nitrogens is 1. The molecular weight excluding hydrogens is 186 g/mol. The van der Waals surface area contributed by atoms with Crippen molar-refractivity contribution in [3.63, 3.8) is 0 Å². The molecule has 1 heterocycles. The van der Waals surface area contributed by atoms with Crippen LogP contribution in [0, 0.1) is 6.92 Å². The third-order valence-electron chi connectivity index (χ3n) is 2.89. The van der Waals surface area contributed by atoms with E-state index < -0.39 is 0 Å². The molecule has 1 aromatic heterocycles. The van der Waals surface area contributed by atoms with E-state index in [9.17, 15) is 0 Å². The van der Waals surface area contributed by atoms with E-state index in [0.717, 1.165) is 17.8 Å². The van der Waals surface area contributed by atoms with Crippen LogP contribution in [-0.4, -0.2) is 11.0 Å². The second kappa shape index (κ2) is 4.19. The Labute approximate surface area is 91.1 Å². The van der Waals surface area contributed by atoms with Crippen molar-refractivity contribution in [1.29, 1.82) is 0 Å². The van der Waals surface area contributed by atoms with Crippen LogP contribution in [0.5, 0.6) is 0 Å². The Hall–Kier alpha value is -1.09. The number of aryl methyl sites for hydroxylation is 1. The van der Waals surface area contributed by atoms with E-state index in [0.29, 0.717) is 6.04 Å². The maximum absolute atomic E-state index is 5.97. The molecule has 15 heavy (non-hydrogen) atoms. The first-order chi connectivity index (χ1) is 7.20. The molecule has 0 aromatic carbocycles. The minimum absolute atomic E-state index is 0.117. The van der Waals surface area contributed by atoms with E-state index >= 15 is 0 Å². The minimum atomic E-state index is 0.117. The van der Waals surface area contributed by atoms with Crippen molar-refractivity contribution in [3.8, 4) is 0 Å². The zero-order valence-corrected chi connectivity index (χ0v) is 9.46. The van der Waals surface area contributed by atoms with Gasteiger partial charge in [0.05, 0.1) is 0 Å². The SMILES string of the molecule is CC[C@H](N)c1cnc(NC2CC2)c(C)c1. The summed E-state index contributed by atoms with van der Waals surface area (Å²) in [5, 5.41) is 3.42. The molecule has 0 bridgehead atoms. The minimum Gasteiger partial charge on any atom is -0.367 e. The number of nitrogens with zero attached hydrogens (tertiary/aromatic N) is 1. The quantitative estimate of drug-likeness (QED) is 0.793. The van der Waals surface area contributed by atoms with Crippen molar-refractivity contribution in [3.05, 3.63) is 23.4 Å². The summed E-state index contributed by atoms with van der Waals surface area (Å²) in [6.07, 6.45) is 5.40. The zero-order valence-electron chi connectivity index (χ0n) is 9.46. The predicted octanol–water partition coefficient (Wildman–Crippen LogP) is 2.37. The van der Waals surface area contributed by atoms with E-state index in [1.54, 1.807) is 0 Å². The van der Waals surface area contributed by atoms with Crippen LogP contribution in [0.4, 0.5) is 5.82 Å². The molecule has 0 radical (unpaired) electrons. The van der Waals surface area contributed by atoms with Crippen LogP contribution in [0.1, 0.15) is 43.4 Å². The molecule has 1 fully saturated rings. The van der Waals surface area contributed by atoms with Gasteiger partial charge in [-0.25, -0.2) is 4.98 Å². The zero-order chi connectivity index (χ0) is 10.8. The molecule has 1 atom stereocenters. The first kappa shape index (κ1) is 10.4. The second-order valence-corrected chi connectivity index (χ2v) is 4.37. The van der Waals surface area contributed by atoms with Crippen LogP contribution in [0.2, 0.25) is 0 Å². The number of anilines is 1. The lowest BCUT2D eigenvalue weighted by Crippen LogP contribution is -2.11. The van der Waals surface area contributed by atoms with E-state index in [2.05, 4.69) is 30.2 Å². The van der Waals surface area contributed by atoms with E-state index in [-0.39, 0.29) is 6.04 Å². The summed E-state index contributed by atoms with van der Waals surface area (Å²) in [7, 11) is 0. The topological polar surface area (TPSA) is 50.9 Å². The molecule has 1 aliphatic rings. The molecule has 3 N–H and O–H groups in total. The summed E-state index contributed by atoms with van der Waals surface area (Å²) < 4.78 is 0. The van der Waals surface area contributed by atoms with Gasteiger partial charge in [0.2, 0.25) is 0 Å². The summed E-state index contributed by atoms with van der Waals surface area (Å²) in [5.41, 5.74) is 8.30. The average molecular weight is 205 g/mol. The molecule has 3 heteroatoms. The van der Waals surface area contributed by atoms with Crippen LogP contribution >= 0.6 is 0 Å². The summed E-state index contributed by atoms with van der Waals surface area (Å²) >= 11 is 0. The molecule has 0 spiro atoms. The molecule has 0 amide bonds. The smallest absolute Gasteiger partial charge is 0.129 e. The lowest BCUT2D eigenvalue weighted by atomic mass is 10.1. The first-order valence-corrected chi connectivity index (χ1v) is 5.69. The number of nitrogens with two attached hydrogens (primary N) is 1. The molecule has 0 saturated heterocycles. The lowest BCUT2D eigenvalue weighted by molar-refractivity contribution is 0.694. The summed E-state index contributed by atoms with van der Waals surface area (Å²) in [4.78, 5) is 4.44. The molecular formula is C12H19N3. The molecule has 1 saturated carbocycles. The maximum atomic E-state index is 5.97. The van der Waals surface area contributed by atoms with Crippen LogP contribution in [-0.2, 0) is 0 Å².